The Balaban J connectivity index is 1.06. The first-order valence-corrected chi connectivity index (χ1v) is 18.7. The van der Waals surface area contributed by atoms with Crippen molar-refractivity contribution in [1.29, 1.82) is 0 Å². The van der Waals surface area contributed by atoms with E-state index < -0.39 is 0 Å². The van der Waals surface area contributed by atoms with Crippen molar-refractivity contribution >= 4 is 28.4 Å². The maximum absolute atomic E-state index is 2.49. The summed E-state index contributed by atoms with van der Waals surface area (Å²) in [5.74, 6) is 0.379. The number of rotatable bonds is 6. The molecule has 2 aliphatic carbocycles. The van der Waals surface area contributed by atoms with Gasteiger partial charge in [-0.05, 0) is 81.4 Å². The Morgan fingerprint density at radius 1 is 0.491 bits per heavy atom. The molecule has 0 N–H and O–H groups in total. The van der Waals surface area contributed by atoms with E-state index in [0.29, 0.717) is 12.0 Å². The van der Waals surface area contributed by atoms with E-state index in [-0.39, 0.29) is 5.41 Å². The molecule has 0 saturated carbocycles. The number of anilines is 5. The van der Waals surface area contributed by atoms with E-state index in [9.17, 15) is 0 Å². The number of benzene rings is 7. The summed E-state index contributed by atoms with van der Waals surface area (Å²) in [5, 5.41) is 0. The molecule has 0 saturated heterocycles. The third-order valence-corrected chi connectivity index (χ3v) is 11.6. The van der Waals surface area contributed by atoms with Gasteiger partial charge in [0.25, 0.3) is 0 Å². The standard InChI is InChI=1S/C51H40N2/c1-51(2)44-21-10-6-20-43(44)50-45(51)22-14-26-49(50)53(46-23-11-7-17-40(46)37-15-4-3-5-16-37)39-33-29-36(30-34-39)35-27-31-38(32-28-35)52-47-24-12-8-18-41(47)42-19-9-13-25-48(42)52/h3-34,41,47H,1-2H3. The third-order valence-electron chi connectivity index (χ3n) is 11.6. The normalized spacial score (nSPS) is 17.2. The van der Waals surface area contributed by atoms with Crippen molar-refractivity contribution in [3.05, 3.63) is 211 Å². The Morgan fingerprint density at radius 3 is 1.92 bits per heavy atom. The summed E-state index contributed by atoms with van der Waals surface area (Å²) in [7, 11) is 0. The summed E-state index contributed by atoms with van der Waals surface area (Å²) in [5.41, 5.74) is 17.5. The number of fused-ring (bicyclic) bond motifs is 6. The van der Waals surface area contributed by atoms with Crippen LogP contribution in [0.5, 0.6) is 0 Å². The molecule has 2 unspecified atom stereocenters. The van der Waals surface area contributed by atoms with E-state index in [2.05, 4.69) is 218 Å². The molecule has 7 aromatic carbocycles. The van der Waals surface area contributed by atoms with Gasteiger partial charge in [-0.15, -0.1) is 0 Å². The second-order valence-electron chi connectivity index (χ2n) is 14.9. The Labute approximate surface area is 312 Å². The van der Waals surface area contributed by atoms with E-state index >= 15 is 0 Å². The molecule has 10 rings (SSSR count). The van der Waals surface area contributed by atoms with Crippen molar-refractivity contribution in [3.8, 4) is 33.4 Å². The van der Waals surface area contributed by atoms with Gasteiger partial charge in [-0.2, -0.15) is 0 Å². The van der Waals surface area contributed by atoms with Crippen LogP contribution in [0.25, 0.3) is 33.4 Å². The van der Waals surface area contributed by atoms with Crippen LogP contribution >= 0.6 is 0 Å². The van der Waals surface area contributed by atoms with Crippen LogP contribution < -0.4 is 9.80 Å². The van der Waals surface area contributed by atoms with Gasteiger partial charge < -0.3 is 9.80 Å². The Kier molecular flexibility index (Phi) is 7.33. The SMILES string of the molecule is CC1(C)c2ccccc2-c2c(N(c3ccc(-c4ccc(N5c6ccccc6C6C=CC=CC65)cc4)cc3)c3ccccc3-c3ccccc3)cccc21. The monoisotopic (exact) mass is 680 g/mol. The fourth-order valence-corrected chi connectivity index (χ4v) is 9.07. The first kappa shape index (κ1) is 31.4. The van der Waals surface area contributed by atoms with E-state index in [1.54, 1.807) is 0 Å². The fourth-order valence-electron chi connectivity index (χ4n) is 9.07. The van der Waals surface area contributed by atoms with Crippen molar-refractivity contribution in [2.45, 2.75) is 31.2 Å². The molecule has 0 aromatic heterocycles. The van der Waals surface area contributed by atoms with E-state index in [1.807, 2.05) is 0 Å². The molecule has 0 spiro atoms. The molecule has 7 aromatic rings. The summed E-state index contributed by atoms with van der Waals surface area (Å²) in [6.07, 6.45) is 9.03. The molecule has 254 valence electrons. The van der Waals surface area contributed by atoms with Crippen molar-refractivity contribution in [2.75, 3.05) is 9.80 Å². The molecule has 0 amide bonds. The molecule has 1 aliphatic heterocycles. The van der Waals surface area contributed by atoms with Crippen LogP contribution in [0.1, 0.15) is 36.5 Å². The van der Waals surface area contributed by atoms with E-state index in [1.165, 1.54) is 67.1 Å². The minimum absolute atomic E-state index is 0.0927. The van der Waals surface area contributed by atoms with Crippen LogP contribution in [0, 0.1) is 0 Å². The van der Waals surface area contributed by atoms with Crippen LogP contribution in [0.15, 0.2) is 194 Å². The van der Waals surface area contributed by atoms with Gasteiger partial charge in [0.15, 0.2) is 0 Å². The van der Waals surface area contributed by atoms with Gasteiger partial charge in [0.1, 0.15) is 0 Å². The first-order chi connectivity index (χ1) is 26.1. The Bertz CT molecular complexity index is 2540. The van der Waals surface area contributed by atoms with Gasteiger partial charge in [0.05, 0.1) is 17.4 Å². The second-order valence-corrected chi connectivity index (χ2v) is 14.9. The van der Waals surface area contributed by atoms with Crippen LogP contribution in [0.4, 0.5) is 28.4 Å². The van der Waals surface area contributed by atoms with Crippen LogP contribution in [-0.4, -0.2) is 6.04 Å². The number of hydrogen-bond donors (Lipinski definition) is 0. The van der Waals surface area contributed by atoms with Crippen molar-refractivity contribution in [2.24, 2.45) is 0 Å². The molecule has 2 heteroatoms. The van der Waals surface area contributed by atoms with Crippen LogP contribution in [0.2, 0.25) is 0 Å². The second kappa shape index (κ2) is 12.4. The third kappa shape index (κ3) is 5.01. The van der Waals surface area contributed by atoms with Gasteiger partial charge in [0.2, 0.25) is 0 Å². The maximum atomic E-state index is 2.49. The molecule has 0 radical (unpaired) electrons. The van der Waals surface area contributed by atoms with Gasteiger partial charge in [-0.25, -0.2) is 0 Å². The van der Waals surface area contributed by atoms with Gasteiger partial charge in [-0.3, -0.25) is 0 Å². The molecule has 1 heterocycles. The number of nitrogens with zero attached hydrogens (tertiary/aromatic N) is 2. The lowest BCUT2D eigenvalue weighted by Crippen LogP contribution is -2.28. The van der Waals surface area contributed by atoms with Crippen molar-refractivity contribution < 1.29 is 0 Å². The smallest absolute Gasteiger partial charge is 0.0629 e. The average molecular weight is 681 g/mol. The number of hydrogen-bond acceptors (Lipinski definition) is 2. The lowest BCUT2D eigenvalue weighted by atomic mass is 9.82. The van der Waals surface area contributed by atoms with Crippen LogP contribution in [0.3, 0.4) is 0 Å². The van der Waals surface area contributed by atoms with E-state index in [0.717, 1.165) is 11.4 Å². The summed E-state index contributed by atoms with van der Waals surface area (Å²) in [4.78, 5) is 4.96. The summed E-state index contributed by atoms with van der Waals surface area (Å²) >= 11 is 0. The van der Waals surface area contributed by atoms with Gasteiger partial charge in [0, 0.05) is 39.5 Å². The zero-order valence-electron chi connectivity index (χ0n) is 30.0. The Hall–Kier alpha value is -6.38. The largest absolute Gasteiger partial charge is 0.333 e. The predicted molar refractivity (Wildman–Crippen MR) is 223 cm³/mol. The molecule has 53 heavy (non-hydrogen) atoms. The zero-order chi connectivity index (χ0) is 35.5. The quantitative estimate of drug-likeness (QED) is 0.172. The number of allylic oxidation sites excluding steroid dienone is 2. The minimum Gasteiger partial charge on any atom is -0.333 e. The lowest BCUT2D eigenvalue weighted by molar-refractivity contribution is 0.660. The Morgan fingerprint density at radius 2 is 1.11 bits per heavy atom. The zero-order valence-corrected chi connectivity index (χ0v) is 30.0. The summed E-state index contributed by atoms with van der Waals surface area (Å²) in [6.45, 7) is 4.71. The average Bonchev–Trinajstić information content (AvgIpc) is 3.68. The molecular formula is C51H40N2. The topological polar surface area (TPSA) is 6.48 Å². The molecule has 0 fully saturated rings. The molecule has 0 bridgehead atoms. The highest BCUT2D eigenvalue weighted by atomic mass is 15.2. The maximum Gasteiger partial charge on any atom is 0.0629 e. The lowest BCUT2D eigenvalue weighted by Gasteiger charge is -2.30. The molecular weight excluding hydrogens is 641 g/mol. The van der Waals surface area contributed by atoms with Gasteiger partial charge in [-0.1, -0.05) is 166 Å². The summed E-state index contributed by atoms with van der Waals surface area (Å²) in [6, 6.07) is 62.7. The van der Waals surface area contributed by atoms with Crippen LogP contribution in [-0.2, 0) is 5.41 Å². The highest BCUT2D eigenvalue weighted by Gasteiger charge is 2.39. The van der Waals surface area contributed by atoms with Crippen molar-refractivity contribution in [1.82, 2.24) is 0 Å². The molecule has 2 nitrogen and oxygen atoms in total. The highest BCUT2D eigenvalue weighted by molar-refractivity contribution is 5.98. The van der Waals surface area contributed by atoms with E-state index in [4.69, 9.17) is 0 Å². The fraction of sp³-hybridized carbons (Fsp3) is 0.0980. The van der Waals surface area contributed by atoms with Gasteiger partial charge >= 0.3 is 0 Å². The predicted octanol–water partition coefficient (Wildman–Crippen LogP) is 13.5. The summed E-state index contributed by atoms with van der Waals surface area (Å²) < 4.78 is 0. The molecule has 2 atom stereocenters. The van der Waals surface area contributed by atoms with Crippen molar-refractivity contribution in [3.63, 3.8) is 0 Å². The first-order valence-electron chi connectivity index (χ1n) is 18.7. The molecule has 3 aliphatic rings. The highest BCUT2D eigenvalue weighted by Crippen LogP contribution is 2.55. The number of para-hydroxylation sites is 2. The minimum atomic E-state index is -0.0927.